The first kappa shape index (κ1) is 16.6. The number of carbonyl (C=O) groups excluding carboxylic acids is 1. The fourth-order valence-electron chi connectivity index (χ4n) is 2.90. The van der Waals surface area contributed by atoms with Gasteiger partial charge in [-0.05, 0) is 31.0 Å². The number of halogens is 1. The van der Waals surface area contributed by atoms with Crippen LogP contribution >= 0.6 is 11.6 Å². The second-order valence-electron chi connectivity index (χ2n) is 5.97. The molecule has 24 heavy (non-hydrogen) atoms. The van der Waals surface area contributed by atoms with Crippen LogP contribution in [0.1, 0.15) is 12.8 Å². The van der Waals surface area contributed by atoms with Gasteiger partial charge in [0.25, 0.3) is 0 Å². The topological polar surface area (TPSA) is 62.2 Å². The third-order valence-electron chi connectivity index (χ3n) is 4.13. The molecule has 0 aliphatic carbocycles. The average molecular weight is 348 g/mol. The van der Waals surface area contributed by atoms with Gasteiger partial charge in [-0.15, -0.1) is 0 Å². The molecular weight excluding hydrogens is 326 g/mol. The van der Waals surface area contributed by atoms with E-state index in [2.05, 4.69) is 20.5 Å². The van der Waals surface area contributed by atoms with Crippen LogP contribution in [-0.2, 0) is 6.54 Å². The van der Waals surface area contributed by atoms with Crippen LogP contribution in [0.25, 0.3) is 0 Å². The van der Waals surface area contributed by atoms with Crippen LogP contribution in [0.2, 0.25) is 5.02 Å². The third kappa shape index (κ3) is 4.64. The second kappa shape index (κ2) is 8.06. The van der Waals surface area contributed by atoms with Gasteiger partial charge in [-0.25, -0.2) is 9.78 Å². The van der Waals surface area contributed by atoms with Gasteiger partial charge in [-0.3, -0.25) is 0 Å². The molecule has 2 N–H and O–H groups in total. The van der Waals surface area contributed by atoms with Crippen LogP contribution in [0.15, 0.2) is 43.0 Å². The average Bonchev–Trinajstić information content (AvgIpc) is 3.23. The molecule has 0 saturated carbocycles. The van der Waals surface area contributed by atoms with Crippen molar-refractivity contribution in [2.45, 2.75) is 25.4 Å². The molecular formula is C17H22ClN5O. The number of amides is 2. The van der Waals surface area contributed by atoms with Crippen molar-refractivity contribution in [3.05, 3.63) is 48.0 Å². The summed E-state index contributed by atoms with van der Waals surface area (Å²) in [5.41, 5.74) is 1.10. The Bertz CT molecular complexity index is 661. The number of benzene rings is 1. The van der Waals surface area contributed by atoms with E-state index in [-0.39, 0.29) is 12.1 Å². The lowest BCUT2D eigenvalue weighted by molar-refractivity contribution is 0.237. The number of urea groups is 1. The molecule has 1 aliphatic rings. The lowest BCUT2D eigenvalue weighted by atomic mass is 10.3. The summed E-state index contributed by atoms with van der Waals surface area (Å²) in [6.07, 6.45) is 7.27. The Kier molecular flexibility index (Phi) is 5.59. The lowest BCUT2D eigenvalue weighted by Crippen LogP contribution is -2.43. The van der Waals surface area contributed by atoms with Crippen molar-refractivity contribution < 1.29 is 4.79 Å². The minimum atomic E-state index is -0.0985. The Morgan fingerprint density at radius 1 is 1.42 bits per heavy atom. The first-order chi connectivity index (χ1) is 11.7. The monoisotopic (exact) mass is 347 g/mol. The largest absolute Gasteiger partial charge is 0.369 e. The van der Waals surface area contributed by atoms with Gasteiger partial charge >= 0.3 is 6.03 Å². The standard InChI is InChI=1S/C17H22ClN5O/c18-14-3-1-4-16(11-14)23-9-5-15(12-23)21-17(24)20-6-2-8-22-10-7-19-13-22/h1,3-4,7,10-11,13,15H,2,5-6,8-9,12H2,(H2,20,21,24)/t15-/m1/s1. The van der Waals surface area contributed by atoms with Crippen molar-refractivity contribution >= 4 is 23.3 Å². The number of hydrogen-bond donors (Lipinski definition) is 2. The molecule has 2 heterocycles. The molecule has 1 atom stereocenters. The molecule has 3 rings (SSSR count). The van der Waals surface area contributed by atoms with Crippen LogP contribution in [0.3, 0.4) is 0 Å². The molecule has 1 fully saturated rings. The van der Waals surface area contributed by atoms with E-state index in [4.69, 9.17) is 11.6 Å². The molecule has 0 spiro atoms. The highest BCUT2D eigenvalue weighted by molar-refractivity contribution is 6.30. The third-order valence-corrected chi connectivity index (χ3v) is 4.37. The molecule has 2 aromatic rings. The van der Waals surface area contributed by atoms with Crippen LogP contribution < -0.4 is 15.5 Å². The van der Waals surface area contributed by atoms with Crippen LogP contribution in [0, 0.1) is 0 Å². The number of aromatic nitrogens is 2. The van der Waals surface area contributed by atoms with Crippen molar-refractivity contribution in [2.24, 2.45) is 0 Å². The van der Waals surface area contributed by atoms with E-state index in [0.29, 0.717) is 6.54 Å². The summed E-state index contributed by atoms with van der Waals surface area (Å²) in [4.78, 5) is 18.2. The van der Waals surface area contributed by atoms with Crippen molar-refractivity contribution in [1.29, 1.82) is 0 Å². The van der Waals surface area contributed by atoms with Crippen molar-refractivity contribution in [2.75, 3.05) is 24.5 Å². The van der Waals surface area contributed by atoms with Gasteiger partial charge in [0.2, 0.25) is 0 Å². The van der Waals surface area contributed by atoms with Gasteiger partial charge in [0.05, 0.1) is 6.33 Å². The number of anilines is 1. The van der Waals surface area contributed by atoms with E-state index in [9.17, 15) is 4.79 Å². The summed E-state index contributed by atoms with van der Waals surface area (Å²) in [5, 5.41) is 6.69. The number of carbonyl (C=O) groups is 1. The summed E-state index contributed by atoms with van der Waals surface area (Å²) in [7, 11) is 0. The molecule has 0 unspecified atom stereocenters. The molecule has 2 amide bonds. The van der Waals surface area contributed by atoms with Crippen LogP contribution in [-0.4, -0.2) is 41.3 Å². The quantitative estimate of drug-likeness (QED) is 0.789. The van der Waals surface area contributed by atoms with E-state index < -0.39 is 0 Å². The number of rotatable bonds is 6. The number of nitrogens with zero attached hydrogens (tertiary/aromatic N) is 3. The van der Waals surface area contributed by atoms with E-state index in [1.807, 2.05) is 35.0 Å². The molecule has 0 bridgehead atoms. The maximum atomic E-state index is 12.0. The van der Waals surface area contributed by atoms with Gasteiger partial charge < -0.3 is 20.1 Å². The number of nitrogens with one attached hydrogen (secondary N) is 2. The van der Waals surface area contributed by atoms with Gasteiger partial charge in [-0.1, -0.05) is 17.7 Å². The van der Waals surface area contributed by atoms with Gasteiger partial charge in [-0.2, -0.15) is 0 Å². The molecule has 128 valence electrons. The maximum Gasteiger partial charge on any atom is 0.315 e. The van der Waals surface area contributed by atoms with Crippen molar-refractivity contribution in [1.82, 2.24) is 20.2 Å². The molecule has 1 saturated heterocycles. The first-order valence-electron chi connectivity index (χ1n) is 8.21. The SMILES string of the molecule is O=C(NCCCn1ccnc1)N[C@@H]1CCN(c2cccc(Cl)c2)C1. The highest BCUT2D eigenvalue weighted by atomic mass is 35.5. The van der Waals surface area contributed by atoms with E-state index >= 15 is 0 Å². The Morgan fingerprint density at radius 2 is 2.33 bits per heavy atom. The predicted octanol–water partition coefficient (Wildman–Crippen LogP) is 2.50. The number of aryl methyl sites for hydroxylation is 1. The van der Waals surface area contributed by atoms with E-state index in [1.54, 1.807) is 12.5 Å². The first-order valence-corrected chi connectivity index (χ1v) is 8.59. The van der Waals surface area contributed by atoms with Gasteiger partial charge in [0.1, 0.15) is 0 Å². The molecule has 1 aromatic carbocycles. The van der Waals surface area contributed by atoms with Crippen LogP contribution in [0.5, 0.6) is 0 Å². The van der Waals surface area contributed by atoms with E-state index in [1.165, 1.54) is 0 Å². The normalized spacial score (nSPS) is 17.0. The number of imidazole rings is 1. The molecule has 1 aliphatic heterocycles. The summed E-state index contributed by atoms with van der Waals surface area (Å²) in [5.74, 6) is 0. The van der Waals surface area contributed by atoms with Gasteiger partial charge in [0.15, 0.2) is 0 Å². The molecule has 6 nitrogen and oxygen atoms in total. The Morgan fingerprint density at radius 3 is 3.12 bits per heavy atom. The van der Waals surface area contributed by atoms with Gasteiger partial charge in [0, 0.05) is 55.3 Å². The molecule has 7 heteroatoms. The zero-order valence-electron chi connectivity index (χ0n) is 13.5. The highest BCUT2D eigenvalue weighted by Gasteiger charge is 2.24. The Labute approximate surface area is 146 Å². The highest BCUT2D eigenvalue weighted by Crippen LogP contribution is 2.23. The minimum absolute atomic E-state index is 0.0985. The Balaban J connectivity index is 1.36. The molecule has 1 aromatic heterocycles. The van der Waals surface area contributed by atoms with Crippen LogP contribution in [0.4, 0.5) is 10.5 Å². The smallest absolute Gasteiger partial charge is 0.315 e. The van der Waals surface area contributed by atoms with Crippen molar-refractivity contribution in [3.8, 4) is 0 Å². The number of hydrogen-bond acceptors (Lipinski definition) is 3. The zero-order chi connectivity index (χ0) is 16.8. The van der Waals surface area contributed by atoms with E-state index in [0.717, 1.165) is 43.2 Å². The molecule has 0 radical (unpaired) electrons. The lowest BCUT2D eigenvalue weighted by Gasteiger charge is -2.19. The predicted molar refractivity (Wildman–Crippen MR) is 95.4 cm³/mol. The zero-order valence-corrected chi connectivity index (χ0v) is 14.2. The fraction of sp³-hybridized carbons (Fsp3) is 0.412. The summed E-state index contributed by atoms with van der Waals surface area (Å²) >= 11 is 6.04. The summed E-state index contributed by atoms with van der Waals surface area (Å²) < 4.78 is 2.00. The maximum absolute atomic E-state index is 12.0. The second-order valence-corrected chi connectivity index (χ2v) is 6.40. The summed E-state index contributed by atoms with van der Waals surface area (Å²) in [6.45, 7) is 3.23. The fourth-order valence-corrected chi connectivity index (χ4v) is 3.09. The van der Waals surface area contributed by atoms with Crippen molar-refractivity contribution in [3.63, 3.8) is 0 Å². The Hall–Kier alpha value is -2.21. The minimum Gasteiger partial charge on any atom is -0.369 e. The summed E-state index contributed by atoms with van der Waals surface area (Å²) in [6, 6.07) is 7.89.